The third-order valence-electron chi connectivity index (χ3n) is 5.42. The third-order valence-corrected chi connectivity index (χ3v) is 5.42. The molecule has 0 aromatic carbocycles. The van der Waals surface area contributed by atoms with E-state index in [1.54, 1.807) is 6.20 Å². The Labute approximate surface area is 186 Å². The number of piperidine rings is 1. The minimum absolute atomic E-state index is 0.155. The maximum atomic E-state index is 5.97. The number of aliphatic imine (C=N–C) groups is 1. The number of ether oxygens (including phenoxy) is 1. The van der Waals surface area contributed by atoms with Crippen LogP contribution in [0.5, 0.6) is 5.88 Å². The quantitative estimate of drug-likeness (QED) is 0.498. The fourth-order valence-corrected chi connectivity index (χ4v) is 3.91. The van der Waals surface area contributed by atoms with Crippen molar-refractivity contribution in [2.24, 2.45) is 10.9 Å². The minimum Gasteiger partial charge on any atom is -0.475 e. The van der Waals surface area contributed by atoms with E-state index in [0.717, 1.165) is 49.7 Å². The first kappa shape index (κ1) is 22.8. The zero-order chi connectivity index (χ0) is 22.1. The van der Waals surface area contributed by atoms with Gasteiger partial charge in [0.05, 0.1) is 6.10 Å². The monoisotopic (exact) mass is 424 g/mol. The number of hydrogen-bond acceptors (Lipinski definition) is 5. The van der Waals surface area contributed by atoms with Gasteiger partial charge in [-0.15, -0.1) is 0 Å². The summed E-state index contributed by atoms with van der Waals surface area (Å²) >= 11 is 0. The van der Waals surface area contributed by atoms with Crippen molar-refractivity contribution < 1.29 is 4.74 Å². The van der Waals surface area contributed by atoms with Gasteiger partial charge in [-0.1, -0.05) is 19.9 Å². The van der Waals surface area contributed by atoms with E-state index in [-0.39, 0.29) is 6.10 Å². The average Bonchev–Trinajstić information content (AvgIpc) is 2.77. The highest BCUT2D eigenvalue weighted by Crippen LogP contribution is 2.17. The van der Waals surface area contributed by atoms with Crippen LogP contribution >= 0.6 is 0 Å². The molecule has 7 nitrogen and oxygen atoms in total. The summed E-state index contributed by atoms with van der Waals surface area (Å²) in [4.78, 5) is 15.6. The van der Waals surface area contributed by atoms with Gasteiger partial charge in [-0.3, -0.25) is 4.99 Å². The van der Waals surface area contributed by atoms with Crippen LogP contribution in [0.1, 0.15) is 45.6 Å². The predicted octanol–water partition coefficient (Wildman–Crippen LogP) is 3.62. The highest BCUT2D eigenvalue weighted by molar-refractivity contribution is 5.80. The van der Waals surface area contributed by atoms with Crippen molar-refractivity contribution in [2.75, 3.05) is 25.0 Å². The number of nitrogens with zero attached hydrogens (tertiary/aromatic N) is 4. The Morgan fingerprint density at radius 2 is 1.97 bits per heavy atom. The lowest BCUT2D eigenvalue weighted by Crippen LogP contribution is -2.48. The molecule has 31 heavy (non-hydrogen) atoms. The Morgan fingerprint density at radius 1 is 1.16 bits per heavy atom. The van der Waals surface area contributed by atoms with Crippen LogP contribution < -0.4 is 20.3 Å². The molecule has 1 fully saturated rings. The van der Waals surface area contributed by atoms with Crippen LogP contribution in [0.2, 0.25) is 0 Å². The first-order valence-electron chi connectivity index (χ1n) is 11.3. The van der Waals surface area contributed by atoms with Crippen molar-refractivity contribution >= 4 is 11.8 Å². The molecule has 1 aliphatic heterocycles. The molecule has 1 unspecified atom stereocenters. The summed E-state index contributed by atoms with van der Waals surface area (Å²) in [6.07, 6.45) is 6.93. The molecule has 1 atom stereocenters. The van der Waals surface area contributed by atoms with E-state index in [0.29, 0.717) is 24.4 Å². The first-order valence-corrected chi connectivity index (χ1v) is 11.3. The summed E-state index contributed by atoms with van der Waals surface area (Å²) in [5, 5.41) is 6.98. The summed E-state index contributed by atoms with van der Waals surface area (Å²) < 4.78 is 5.97. The highest BCUT2D eigenvalue weighted by atomic mass is 16.5. The molecule has 0 spiro atoms. The molecule has 3 rings (SSSR count). The Morgan fingerprint density at radius 3 is 2.65 bits per heavy atom. The van der Waals surface area contributed by atoms with Crippen LogP contribution in [0.25, 0.3) is 0 Å². The van der Waals surface area contributed by atoms with Crippen molar-refractivity contribution in [1.29, 1.82) is 0 Å². The largest absolute Gasteiger partial charge is 0.475 e. The number of guanidine groups is 1. The number of anilines is 1. The second-order valence-corrected chi connectivity index (χ2v) is 8.58. The molecule has 1 saturated heterocycles. The van der Waals surface area contributed by atoms with Gasteiger partial charge in [0.2, 0.25) is 5.88 Å². The number of hydrogen-bond donors (Lipinski definition) is 2. The van der Waals surface area contributed by atoms with Crippen molar-refractivity contribution in [3.63, 3.8) is 0 Å². The normalized spacial score (nSPS) is 16.3. The van der Waals surface area contributed by atoms with Gasteiger partial charge < -0.3 is 20.3 Å². The minimum atomic E-state index is 0.155. The van der Waals surface area contributed by atoms with E-state index in [1.807, 2.05) is 37.5 Å². The molecule has 0 aliphatic carbocycles. The fourth-order valence-electron chi connectivity index (χ4n) is 3.91. The first-order chi connectivity index (χ1) is 15.0. The number of nitrogens with one attached hydrogen (secondary N) is 2. The lowest BCUT2D eigenvalue weighted by atomic mass is 10.1. The molecule has 0 saturated carbocycles. The molecule has 2 aromatic heterocycles. The summed E-state index contributed by atoms with van der Waals surface area (Å²) in [5.41, 5.74) is 1.12. The van der Waals surface area contributed by atoms with E-state index in [1.165, 1.54) is 0 Å². The maximum absolute atomic E-state index is 5.97. The van der Waals surface area contributed by atoms with Crippen molar-refractivity contribution in [3.8, 4) is 5.88 Å². The van der Waals surface area contributed by atoms with Gasteiger partial charge >= 0.3 is 0 Å². The van der Waals surface area contributed by atoms with E-state index in [4.69, 9.17) is 4.74 Å². The predicted molar refractivity (Wildman–Crippen MR) is 127 cm³/mol. The van der Waals surface area contributed by atoms with Crippen LogP contribution in [0.15, 0.2) is 47.7 Å². The summed E-state index contributed by atoms with van der Waals surface area (Å²) in [6.45, 7) is 9.15. The van der Waals surface area contributed by atoms with Gasteiger partial charge in [-0.05, 0) is 55.9 Å². The van der Waals surface area contributed by atoms with Crippen LogP contribution in [0.3, 0.4) is 0 Å². The Balaban J connectivity index is 1.45. The summed E-state index contributed by atoms with van der Waals surface area (Å²) in [6, 6.07) is 10.5. The second kappa shape index (κ2) is 11.5. The molecular formula is C24H36N6O. The molecule has 0 radical (unpaired) electrons. The third kappa shape index (κ3) is 7.42. The molecular weight excluding hydrogens is 388 g/mol. The second-order valence-electron chi connectivity index (χ2n) is 8.58. The molecule has 0 amide bonds. The molecule has 168 valence electrons. The number of rotatable bonds is 8. The number of pyridine rings is 2. The fraction of sp³-hybridized carbons (Fsp3) is 0.542. The molecule has 7 heteroatoms. The lowest BCUT2D eigenvalue weighted by Gasteiger charge is -2.33. The Bertz CT molecular complexity index is 818. The van der Waals surface area contributed by atoms with E-state index >= 15 is 0 Å². The molecule has 3 heterocycles. The average molecular weight is 425 g/mol. The molecule has 1 aliphatic rings. The number of aromatic nitrogens is 2. The molecule has 2 N–H and O–H groups in total. The van der Waals surface area contributed by atoms with Crippen LogP contribution in [0.4, 0.5) is 5.82 Å². The van der Waals surface area contributed by atoms with Gasteiger partial charge in [0, 0.05) is 51.2 Å². The lowest BCUT2D eigenvalue weighted by molar-refractivity contribution is 0.185. The van der Waals surface area contributed by atoms with Crippen molar-refractivity contribution in [2.45, 2.75) is 58.7 Å². The van der Waals surface area contributed by atoms with Gasteiger partial charge in [0.25, 0.3) is 0 Å². The van der Waals surface area contributed by atoms with Crippen LogP contribution in [-0.2, 0) is 6.54 Å². The zero-order valence-corrected chi connectivity index (χ0v) is 19.2. The Kier molecular flexibility index (Phi) is 8.50. The van der Waals surface area contributed by atoms with Crippen molar-refractivity contribution in [1.82, 2.24) is 20.6 Å². The van der Waals surface area contributed by atoms with Gasteiger partial charge in [-0.25, -0.2) is 9.97 Å². The zero-order valence-electron chi connectivity index (χ0n) is 19.2. The SMILES string of the molecule is CN=C(NCc1ccnc(OC(C)CC(C)C)c1)NC1CCN(c2ccccn2)CC1. The smallest absolute Gasteiger partial charge is 0.213 e. The van der Waals surface area contributed by atoms with Crippen LogP contribution in [0, 0.1) is 5.92 Å². The summed E-state index contributed by atoms with van der Waals surface area (Å²) in [5.74, 6) is 3.16. The summed E-state index contributed by atoms with van der Waals surface area (Å²) in [7, 11) is 1.81. The van der Waals surface area contributed by atoms with E-state index in [2.05, 4.69) is 57.3 Å². The highest BCUT2D eigenvalue weighted by Gasteiger charge is 2.20. The standard InChI is InChI=1S/C24H36N6O/c1-18(2)15-19(3)31-23-16-20(8-12-27-23)17-28-24(25-4)29-21-9-13-30(14-10-21)22-7-5-6-11-26-22/h5-8,11-12,16,18-19,21H,9-10,13-15,17H2,1-4H3,(H2,25,28,29). The van der Waals surface area contributed by atoms with Gasteiger partial charge in [0.1, 0.15) is 5.82 Å². The maximum Gasteiger partial charge on any atom is 0.213 e. The van der Waals surface area contributed by atoms with E-state index < -0.39 is 0 Å². The molecule has 2 aromatic rings. The topological polar surface area (TPSA) is 74.7 Å². The van der Waals surface area contributed by atoms with E-state index in [9.17, 15) is 0 Å². The van der Waals surface area contributed by atoms with Gasteiger partial charge in [0.15, 0.2) is 5.96 Å². The van der Waals surface area contributed by atoms with Gasteiger partial charge in [-0.2, -0.15) is 0 Å². The van der Waals surface area contributed by atoms with Crippen molar-refractivity contribution in [3.05, 3.63) is 48.3 Å². The van der Waals surface area contributed by atoms with Crippen LogP contribution in [-0.4, -0.2) is 48.2 Å². The molecule has 0 bridgehead atoms. The Hall–Kier alpha value is -2.83.